The Hall–Kier alpha value is -2.99. The van der Waals surface area contributed by atoms with Crippen LogP contribution in [0, 0.1) is 16.7 Å². The third-order valence-corrected chi connectivity index (χ3v) is 6.76. The Morgan fingerprint density at radius 2 is 1.97 bits per heavy atom. The number of carbonyl (C=O) groups excluding carboxylic acids is 2. The predicted molar refractivity (Wildman–Crippen MR) is 124 cm³/mol. The summed E-state index contributed by atoms with van der Waals surface area (Å²) in [6.45, 7) is 11.0. The number of nitrogens with one attached hydrogen (secondary N) is 1. The van der Waals surface area contributed by atoms with Gasteiger partial charge in [-0.15, -0.1) is 0 Å². The Labute approximate surface area is 194 Å². The van der Waals surface area contributed by atoms with Crippen LogP contribution in [0.2, 0.25) is 0 Å². The number of amides is 3. The smallest absolute Gasteiger partial charge is 0.324 e. The number of fused-ring (bicyclic) bond motifs is 1. The Balaban J connectivity index is 1.69. The summed E-state index contributed by atoms with van der Waals surface area (Å²) >= 11 is 0. The number of rotatable bonds is 5. The van der Waals surface area contributed by atoms with E-state index in [-0.39, 0.29) is 29.2 Å². The molecule has 33 heavy (non-hydrogen) atoms. The summed E-state index contributed by atoms with van der Waals surface area (Å²) in [6.07, 6.45) is 4.91. The maximum Gasteiger partial charge on any atom is 0.324 e. The number of piperidine rings is 1. The molecule has 0 aromatic carbocycles. The zero-order valence-corrected chi connectivity index (χ0v) is 20.2. The first-order valence-corrected chi connectivity index (χ1v) is 11.7. The third kappa shape index (κ3) is 4.20. The second-order valence-electron chi connectivity index (χ2n) is 10.5. The normalized spacial score (nSPS) is 19.8. The van der Waals surface area contributed by atoms with Gasteiger partial charge in [-0.05, 0) is 30.7 Å². The topological polar surface area (TPSA) is 107 Å². The molecule has 2 saturated heterocycles. The van der Waals surface area contributed by atoms with E-state index < -0.39 is 5.54 Å². The van der Waals surface area contributed by atoms with Crippen LogP contribution in [0.15, 0.2) is 12.3 Å². The van der Waals surface area contributed by atoms with Crippen LogP contribution in [0.4, 0.5) is 4.79 Å². The minimum Gasteiger partial charge on any atom is -0.327 e. The van der Waals surface area contributed by atoms with Crippen molar-refractivity contribution in [1.29, 1.82) is 5.26 Å². The minimum atomic E-state index is -0.773. The molecule has 4 heterocycles. The Kier molecular flexibility index (Phi) is 5.91. The molecule has 0 bridgehead atoms. The lowest BCUT2D eigenvalue weighted by Gasteiger charge is -2.41. The van der Waals surface area contributed by atoms with Crippen LogP contribution in [0.25, 0.3) is 11.0 Å². The minimum absolute atomic E-state index is 0.0201. The molecule has 4 rings (SSSR count). The van der Waals surface area contributed by atoms with Crippen LogP contribution in [0.5, 0.6) is 0 Å². The number of hydrogen-bond acceptors (Lipinski definition) is 6. The summed E-state index contributed by atoms with van der Waals surface area (Å²) < 4.78 is 2.25. The van der Waals surface area contributed by atoms with Gasteiger partial charge in [0, 0.05) is 44.0 Å². The van der Waals surface area contributed by atoms with E-state index in [0.29, 0.717) is 12.8 Å². The SMILES string of the molecule is CCCC(c1cc2cnc(C#N)nc2n1CC(C)(C)C)N1CCC2(CC1)NC(=O)N(C)C2=O. The van der Waals surface area contributed by atoms with Crippen molar-refractivity contribution in [1.82, 2.24) is 29.7 Å². The molecule has 1 atom stereocenters. The Morgan fingerprint density at radius 1 is 1.27 bits per heavy atom. The van der Waals surface area contributed by atoms with Gasteiger partial charge in [0.25, 0.3) is 5.91 Å². The number of nitriles is 1. The van der Waals surface area contributed by atoms with Crippen molar-refractivity contribution in [3.63, 3.8) is 0 Å². The van der Waals surface area contributed by atoms with Gasteiger partial charge in [0.1, 0.15) is 17.3 Å². The monoisotopic (exact) mass is 451 g/mol. The largest absolute Gasteiger partial charge is 0.327 e. The molecule has 0 radical (unpaired) electrons. The van der Waals surface area contributed by atoms with Crippen LogP contribution in [-0.4, -0.2) is 61.9 Å². The van der Waals surface area contributed by atoms with Gasteiger partial charge in [-0.25, -0.2) is 14.8 Å². The van der Waals surface area contributed by atoms with Gasteiger partial charge in [0.15, 0.2) is 0 Å². The second-order valence-corrected chi connectivity index (χ2v) is 10.5. The molecule has 176 valence electrons. The standard InChI is InChI=1S/C24H33N7O2/c1-6-7-17(30-10-8-24(9-11-30)21(32)29(5)22(33)28-24)18-12-16-14-26-19(13-25)27-20(16)31(18)15-23(2,3)4/h12,14,17H,6-11,15H2,1-5H3,(H,28,33). The summed E-state index contributed by atoms with van der Waals surface area (Å²) in [4.78, 5) is 37.2. The molecular formula is C24H33N7O2. The average molecular weight is 452 g/mol. The fourth-order valence-corrected chi connectivity index (χ4v) is 5.13. The molecule has 0 saturated carbocycles. The van der Waals surface area contributed by atoms with Gasteiger partial charge in [0.05, 0.1) is 6.04 Å². The van der Waals surface area contributed by atoms with E-state index in [1.807, 2.05) is 0 Å². The lowest BCUT2D eigenvalue weighted by Crippen LogP contribution is -2.55. The number of imide groups is 1. The average Bonchev–Trinajstić information content (AvgIpc) is 3.21. The van der Waals surface area contributed by atoms with Crippen molar-refractivity contribution in [2.45, 2.75) is 71.5 Å². The van der Waals surface area contributed by atoms with Crippen LogP contribution in [-0.2, 0) is 11.3 Å². The van der Waals surface area contributed by atoms with Crippen molar-refractivity contribution in [2.75, 3.05) is 20.1 Å². The van der Waals surface area contributed by atoms with Crippen molar-refractivity contribution < 1.29 is 9.59 Å². The molecule has 0 aliphatic carbocycles. The number of likely N-dealkylation sites (tertiary alicyclic amines) is 1. The van der Waals surface area contributed by atoms with Gasteiger partial charge in [-0.2, -0.15) is 5.26 Å². The summed E-state index contributed by atoms with van der Waals surface area (Å²) in [5, 5.41) is 13.2. The highest BCUT2D eigenvalue weighted by molar-refractivity contribution is 6.06. The number of carbonyl (C=O) groups is 2. The number of nitrogens with zero attached hydrogens (tertiary/aromatic N) is 6. The summed E-state index contributed by atoms with van der Waals surface area (Å²) in [5.74, 6) is 0.0502. The molecule has 3 amide bonds. The predicted octanol–water partition coefficient (Wildman–Crippen LogP) is 3.21. The molecular weight excluding hydrogens is 418 g/mol. The molecule has 1 N–H and O–H groups in total. The summed E-state index contributed by atoms with van der Waals surface area (Å²) in [7, 11) is 1.54. The van der Waals surface area contributed by atoms with Crippen LogP contribution in [0.1, 0.15) is 70.9 Å². The van der Waals surface area contributed by atoms with E-state index in [0.717, 1.165) is 43.5 Å². The van der Waals surface area contributed by atoms with Gasteiger partial charge >= 0.3 is 6.03 Å². The molecule has 9 nitrogen and oxygen atoms in total. The lowest BCUT2D eigenvalue weighted by molar-refractivity contribution is -0.132. The number of aromatic nitrogens is 3. The second kappa shape index (κ2) is 8.41. The van der Waals surface area contributed by atoms with E-state index in [1.54, 1.807) is 13.2 Å². The van der Waals surface area contributed by atoms with Crippen molar-refractivity contribution in [3.05, 3.63) is 23.8 Å². The first-order valence-electron chi connectivity index (χ1n) is 11.7. The van der Waals surface area contributed by atoms with E-state index in [2.05, 4.69) is 64.6 Å². The highest BCUT2D eigenvalue weighted by Crippen LogP contribution is 2.37. The van der Waals surface area contributed by atoms with Gasteiger partial charge in [-0.1, -0.05) is 34.1 Å². The fourth-order valence-electron chi connectivity index (χ4n) is 5.13. The first kappa shape index (κ1) is 23.2. The molecule has 2 aliphatic heterocycles. The van der Waals surface area contributed by atoms with Crippen molar-refractivity contribution >= 4 is 23.0 Å². The zero-order chi connectivity index (χ0) is 24.0. The molecule has 1 unspecified atom stereocenters. The quantitative estimate of drug-likeness (QED) is 0.700. The first-order chi connectivity index (χ1) is 15.6. The van der Waals surface area contributed by atoms with E-state index in [9.17, 15) is 14.9 Å². The molecule has 2 fully saturated rings. The molecule has 2 aromatic rings. The van der Waals surface area contributed by atoms with Crippen molar-refractivity contribution in [2.24, 2.45) is 5.41 Å². The maximum atomic E-state index is 12.7. The summed E-state index contributed by atoms with van der Waals surface area (Å²) in [6, 6.07) is 4.06. The Bertz CT molecular complexity index is 1120. The van der Waals surface area contributed by atoms with E-state index in [1.165, 1.54) is 10.6 Å². The zero-order valence-electron chi connectivity index (χ0n) is 20.2. The molecule has 2 aromatic heterocycles. The third-order valence-electron chi connectivity index (χ3n) is 6.76. The number of likely N-dealkylation sites (N-methyl/N-ethyl adjacent to an activating group) is 1. The van der Waals surface area contributed by atoms with Crippen LogP contribution in [0.3, 0.4) is 0 Å². The molecule has 9 heteroatoms. The van der Waals surface area contributed by atoms with Gasteiger partial charge in [0.2, 0.25) is 5.82 Å². The van der Waals surface area contributed by atoms with E-state index >= 15 is 0 Å². The van der Waals surface area contributed by atoms with Crippen molar-refractivity contribution in [3.8, 4) is 6.07 Å². The highest BCUT2D eigenvalue weighted by Gasteiger charge is 2.51. The Morgan fingerprint density at radius 3 is 2.52 bits per heavy atom. The van der Waals surface area contributed by atoms with Crippen LogP contribution >= 0.6 is 0 Å². The lowest BCUT2D eigenvalue weighted by atomic mass is 9.86. The number of hydrogen-bond donors (Lipinski definition) is 1. The molecule has 1 spiro atoms. The van der Waals surface area contributed by atoms with E-state index in [4.69, 9.17) is 0 Å². The number of urea groups is 1. The maximum absolute atomic E-state index is 12.7. The van der Waals surface area contributed by atoms with Gasteiger partial charge < -0.3 is 9.88 Å². The summed E-state index contributed by atoms with van der Waals surface area (Å²) in [5.41, 5.74) is 1.21. The molecule has 2 aliphatic rings. The van der Waals surface area contributed by atoms with Gasteiger partial charge in [-0.3, -0.25) is 14.6 Å². The van der Waals surface area contributed by atoms with Crippen LogP contribution < -0.4 is 5.32 Å². The fraction of sp³-hybridized carbons (Fsp3) is 0.625. The highest BCUT2D eigenvalue weighted by atomic mass is 16.2.